The molecule has 0 saturated carbocycles. The summed E-state index contributed by atoms with van der Waals surface area (Å²) in [6.07, 6.45) is 3.85. The van der Waals surface area contributed by atoms with E-state index in [0.717, 1.165) is 44.3 Å². The predicted octanol–water partition coefficient (Wildman–Crippen LogP) is 4.50. The molecule has 1 aromatic heterocycles. The quantitative estimate of drug-likeness (QED) is 0.397. The number of benzene rings is 2. The minimum absolute atomic E-state index is 0.0679. The van der Waals surface area contributed by atoms with Crippen molar-refractivity contribution < 1.29 is 27.9 Å². The van der Waals surface area contributed by atoms with Gasteiger partial charge in [0.1, 0.15) is 23.1 Å². The molecule has 0 aliphatic carbocycles. The lowest BCUT2D eigenvalue weighted by Gasteiger charge is -2.32. The number of amides is 2. The van der Waals surface area contributed by atoms with Crippen LogP contribution in [0.3, 0.4) is 0 Å². The summed E-state index contributed by atoms with van der Waals surface area (Å²) in [6.45, 7) is 3.25. The van der Waals surface area contributed by atoms with E-state index in [9.17, 15) is 23.2 Å². The van der Waals surface area contributed by atoms with Crippen LogP contribution in [0.25, 0.3) is 0 Å². The summed E-state index contributed by atoms with van der Waals surface area (Å²) in [5.74, 6) is -2.10. The van der Waals surface area contributed by atoms with Gasteiger partial charge in [-0.2, -0.15) is 0 Å². The van der Waals surface area contributed by atoms with Gasteiger partial charge < -0.3 is 15.0 Å². The van der Waals surface area contributed by atoms with Crippen LogP contribution in [0.2, 0.25) is 0 Å². The van der Waals surface area contributed by atoms with E-state index in [2.05, 4.69) is 27.3 Å². The second-order valence-electron chi connectivity index (χ2n) is 10.9. The number of methoxy groups -OCH3 is 1. The number of halogens is 2. The zero-order valence-electron chi connectivity index (χ0n) is 23.5. The third kappa shape index (κ3) is 6.99. The molecule has 2 saturated heterocycles. The number of hydrogen-bond acceptors (Lipinski definition) is 6. The Morgan fingerprint density at radius 1 is 0.929 bits per heavy atom. The van der Waals surface area contributed by atoms with E-state index in [1.54, 1.807) is 24.1 Å². The highest BCUT2D eigenvalue weighted by molar-refractivity contribution is 5.99. The first-order chi connectivity index (χ1) is 20.3. The van der Waals surface area contributed by atoms with Crippen molar-refractivity contribution in [3.05, 3.63) is 94.8 Å². The van der Waals surface area contributed by atoms with Crippen molar-refractivity contribution in [3.8, 4) is 5.75 Å². The van der Waals surface area contributed by atoms with Gasteiger partial charge in [-0.25, -0.2) is 8.78 Å². The SMILES string of the molecule is COc1ccc(CN2CCC(NC(=O)c3ccc(C(=O)N4CCC(C(=O)c5ccc(F)cc5F)CC4)nc3)CC2)cc1. The topological polar surface area (TPSA) is 91.8 Å². The molecule has 10 heteroatoms. The first-order valence-electron chi connectivity index (χ1n) is 14.2. The third-order valence-corrected chi connectivity index (χ3v) is 8.08. The Hall–Kier alpha value is -4.18. The largest absolute Gasteiger partial charge is 0.497 e. The van der Waals surface area contributed by atoms with Gasteiger partial charge in [0.05, 0.1) is 18.2 Å². The van der Waals surface area contributed by atoms with Crippen LogP contribution < -0.4 is 10.1 Å². The van der Waals surface area contributed by atoms with Gasteiger partial charge in [-0.3, -0.25) is 24.3 Å². The summed E-state index contributed by atoms with van der Waals surface area (Å²) < 4.78 is 32.5. The molecule has 3 aromatic rings. The Labute approximate surface area is 243 Å². The van der Waals surface area contributed by atoms with Gasteiger partial charge in [0.15, 0.2) is 5.78 Å². The number of carbonyl (C=O) groups is 3. The second-order valence-corrected chi connectivity index (χ2v) is 10.9. The van der Waals surface area contributed by atoms with Crippen molar-refractivity contribution in [1.82, 2.24) is 20.1 Å². The highest BCUT2D eigenvalue weighted by Crippen LogP contribution is 2.24. The van der Waals surface area contributed by atoms with Crippen molar-refractivity contribution >= 4 is 17.6 Å². The number of aromatic nitrogens is 1. The number of nitrogens with zero attached hydrogens (tertiary/aromatic N) is 3. The molecular weight excluding hydrogens is 542 g/mol. The van der Waals surface area contributed by atoms with Gasteiger partial charge in [0.25, 0.3) is 11.8 Å². The number of rotatable bonds is 8. The van der Waals surface area contributed by atoms with Crippen LogP contribution in [-0.2, 0) is 6.54 Å². The zero-order chi connectivity index (χ0) is 29.6. The number of carbonyl (C=O) groups excluding carboxylic acids is 3. The fraction of sp³-hybridized carbons (Fsp3) is 0.375. The maximum atomic E-state index is 14.0. The van der Waals surface area contributed by atoms with Gasteiger partial charge >= 0.3 is 0 Å². The van der Waals surface area contributed by atoms with Crippen molar-refractivity contribution in [1.29, 1.82) is 0 Å². The third-order valence-electron chi connectivity index (χ3n) is 8.08. The lowest BCUT2D eigenvalue weighted by atomic mass is 9.88. The fourth-order valence-electron chi connectivity index (χ4n) is 5.56. The molecule has 0 spiro atoms. The number of hydrogen-bond donors (Lipinski definition) is 1. The lowest BCUT2D eigenvalue weighted by molar-refractivity contribution is 0.0644. The molecule has 2 aliphatic heterocycles. The van der Waals surface area contributed by atoms with Gasteiger partial charge in [0, 0.05) is 56.9 Å². The van der Waals surface area contributed by atoms with Crippen LogP contribution >= 0.6 is 0 Å². The molecule has 2 fully saturated rings. The summed E-state index contributed by atoms with van der Waals surface area (Å²) in [4.78, 5) is 46.8. The smallest absolute Gasteiger partial charge is 0.272 e. The molecule has 5 rings (SSSR count). The van der Waals surface area contributed by atoms with E-state index in [-0.39, 0.29) is 34.9 Å². The van der Waals surface area contributed by atoms with E-state index >= 15 is 0 Å². The minimum atomic E-state index is -0.873. The van der Waals surface area contributed by atoms with Crippen molar-refractivity contribution in [2.75, 3.05) is 33.3 Å². The molecule has 8 nitrogen and oxygen atoms in total. The van der Waals surface area contributed by atoms with E-state index < -0.39 is 17.6 Å². The van der Waals surface area contributed by atoms with Gasteiger partial charge in [-0.05, 0) is 67.6 Å². The minimum Gasteiger partial charge on any atom is -0.497 e. The number of nitrogens with one attached hydrogen (secondary N) is 1. The Balaban J connectivity index is 1.07. The summed E-state index contributed by atoms with van der Waals surface area (Å²) in [5.41, 5.74) is 1.69. The number of Topliss-reactive ketones (excluding diaryl/α,β-unsaturated/α-hetero) is 1. The average molecular weight is 577 g/mol. The monoisotopic (exact) mass is 576 g/mol. The normalized spacial score (nSPS) is 16.7. The summed E-state index contributed by atoms with van der Waals surface area (Å²) >= 11 is 0. The zero-order valence-corrected chi connectivity index (χ0v) is 23.5. The van der Waals surface area contributed by atoms with Gasteiger partial charge in [-0.1, -0.05) is 12.1 Å². The van der Waals surface area contributed by atoms with E-state index in [1.807, 2.05) is 12.1 Å². The first-order valence-corrected chi connectivity index (χ1v) is 14.2. The Bertz CT molecular complexity index is 1420. The summed E-state index contributed by atoms with van der Waals surface area (Å²) in [6, 6.07) is 14.2. The number of ketones is 1. The van der Waals surface area contributed by atoms with Crippen LogP contribution in [0.5, 0.6) is 5.75 Å². The molecule has 2 amide bonds. The average Bonchev–Trinajstić information content (AvgIpc) is 3.02. The standard InChI is InChI=1S/C32H34F2N4O4/c1-42-26-6-2-21(3-7-26)20-37-14-12-25(13-15-37)36-31(40)23-4-9-29(35-19-23)32(41)38-16-10-22(11-17-38)30(39)27-8-5-24(33)18-28(27)34/h2-9,18-19,22,25H,10-17,20H2,1H3,(H,36,40). The molecular formula is C32H34F2N4O4. The second kappa shape index (κ2) is 13.2. The number of likely N-dealkylation sites (tertiary alicyclic amines) is 2. The number of piperidine rings is 2. The summed E-state index contributed by atoms with van der Waals surface area (Å²) in [5, 5.41) is 3.09. The number of ether oxygens (including phenoxy) is 1. The van der Waals surface area contributed by atoms with Crippen molar-refractivity contribution in [2.24, 2.45) is 5.92 Å². The molecule has 3 heterocycles. The highest BCUT2D eigenvalue weighted by atomic mass is 19.1. The van der Waals surface area contributed by atoms with Crippen molar-refractivity contribution in [3.63, 3.8) is 0 Å². The van der Waals surface area contributed by atoms with Crippen LogP contribution in [-0.4, -0.2) is 71.7 Å². The fourth-order valence-corrected chi connectivity index (χ4v) is 5.56. The maximum Gasteiger partial charge on any atom is 0.272 e. The molecule has 2 aliphatic rings. The highest BCUT2D eigenvalue weighted by Gasteiger charge is 2.30. The van der Waals surface area contributed by atoms with Crippen LogP contribution in [0, 0.1) is 17.6 Å². The molecule has 1 N–H and O–H groups in total. The Morgan fingerprint density at radius 3 is 2.26 bits per heavy atom. The van der Waals surface area contributed by atoms with Crippen LogP contribution in [0.1, 0.15) is 62.5 Å². The lowest BCUT2D eigenvalue weighted by Crippen LogP contribution is -2.44. The van der Waals surface area contributed by atoms with Gasteiger partial charge in [-0.15, -0.1) is 0 Å². The molecule has 0 atom stereocenters. The first kappa shape index (κ1) is 29.3. The maximum absolute atomic E-state index is 14.0. The number of pyridine rings is 1. The van der Waals surface area contributed by atoms with Crippen LogP contribution in [0.4, 0.5) is 8.78 Å². The molecule has 0 unspecified atom stereocenters. The molecule has 0 bridgehead atoms. The van der Waals surface area contributed by atoms with Crippen molar-refractivity contribution in [2.45, 2.75) is 38.3 Å². The van der Waals surface area contributed by atoms with E-state index in [4.69, 9.17) is 4.74 Å². The Morgan fingerprint density at radius 2 is 1.64 bits per heavy atom. The predicted molar refractivity (Wildman–Crippen MR) is 152 cm³/mol. The summed E-state index contributed by atoms with van der Waals surface area (Å²) in [7, 11) is 1.65. The molecule has 42 heavy (non-hydrogen) atoms. The Kier molecular flexibility index (Phi) is 9.22. The molecule has 0 radical (unpaired) electrons. The van der Waals surface area contributed by atoms with Gasteiger partial charge in [0.2, 0.25) is 0 Å². The van der Waals surface area contributed by atoms with Crippen LogP contribution in [0.15, 0.2) is 60.8 Å². The molecule has 220 valence electrons. The van der Waals surface area contributed by atoms with E-state index in [1.165, 1.54) is 17.8 Å². The molecule has 2 aromatic carbocycles. The van der Waals surface area contributed by atoms with E-state index in [0.29, 0.717) is 37.6 Å².